The topological polar surface area (TPSA) is 29.1 Å². The lowest BCUT2D eigenvalue weighted by molar-refractivity contribution is -0.109. The Hall–Kier alpha value is -1.57. The Kier molecular flexibility index (Phi) is 2.63. The number of amides is 1. The minimum Gasteiger partial charge on any atom is -0.355 e. The van der Waals surface area contributed by atoms with E-state index in [1.54, 1.807) is 0 Å². The number of carbonyl (C=O) groups is 1. The highest BCUT2D eigenvalue weighted by Crippen LogP contribution is 2.22. The molecule has 14 heavy (non-hydrogen) atoms. The second kappa shape index (κ2) is 4.09. The first-order valence-corrected chi connectivity index (χ1v) is 4.86. The Bertz CT molecular complexity index is 369. The van der Waals surface area contributed by atoms with Crippen molar-refractivity contribution in [1.82, 2.24) is 5.32 Å². The fourth-order valence-corrected chi connectivity index (χ4v) is 1.84. The number of hydrogen-bond donors (Lipinski definition) is 1. The summed E-state index contributed by atoms with van der Waals surface area (Å²) in [6, 6.07) is 6.27. The largest absolute Gasteiger partial charge is 0.355 e. The second-order valence-electron chi connectivity index (χ2n) is 3.43. The van der Waals surface area contributed by atoms with Crippen LogP contribution in [0.25, 0.3) is 6.08 Å². The van der Waals surface area contributed by atoms with Gasteiger partial charge in [-0.15, -0.1) is 0 Å². The molecule has 72 valence electrons. The van der Waals surface area contributed by atoms with Gasteiger partial charge in [-0.05, 0) is 29.5 Å². The van der Waals surface area contributed by atoms with E-state index >= 15 is 0 Å². The Morgan fingerprint density at radius 1 is 1.43 bits per heavy atom. The maximum atomic E-state index is 10.2. The summed E-state index contributed by atoms with van der Waals surface area (Å²) in [6.07, 6.45) is 7.32. The molecule has 1 aliphatic rings. The fourth-order valence-electron chi connectivity index (χ4n) is 1.84. The van der Waals surface area contributed by atoms with E-state index in [4.69, 9.17) is 0 Å². The molecule has 0 spiro atoms. The van der Waals surface area contributed by atoms with Crippen LogP contribution in [0.5, 0.6) is 0 Å². The normalized spacial score (nSPS) is 13.4. The predicted molar refractivity (Wildman–Crippen MR) is 56.7 cm³/mol. The summed E-state index contributed by atoms with van der Waals surface area (Å²) in [4.78, 5) is 10.2. The molecule has 0 aromatic heterocycles. The molecular formula is C12H13NO. The van der Waals surface area contributed by atoms with Crippen LogP contribution in [0.3, 0.4) is 0 Å². The molecule has 1 aromatic rings. The molecule has 1 aromatic carbocycles. The molecule has 0 bridgehead atoms. The fraction of sp³-hybridized carbons (Fsp3) is 0.250. The van der Waals surface area contributed by atoms with Crippen molar-refractivity contribution in [3.63, 3.8) is 0 Å². The third-order valence-electron chi connectivity index (χ3n) is 2.53. The van der Waals surface area contributed by atoms with Gasteiger partial charge in [0, 0.05) is 6.54 Å². The predicted octanol–water partition coefficient (Wildman–Crippen LogP) is 1.89. The molecule has 2 nitrogen and oxygen atoms in total. The van der Waals surface area contributed by atoms with Crippen LogP contribution < -0.4 is 5.32 Å². The van der Waals surface area contributed by atoms with Crippen LogP contribution in [0.2, 0.25) is 0 Å². The van der Waals surface area contributed by atoms with Gasteiger partial charge in [0.25, 0.3) is 0 Å². The Balaban J connectivity index is 2.32. The Morgan fingerprint density at radius 3 is 3.21 bits per heavy atom. The van der Waals surface area contributed by atoms with Gasteiger partial charge in [0.15, 0.2) is 0 Å². The van der Waals surface area contributed by atoms with Crippen molar-refractivity contribution >= 4 is 12.5 Å². The zero-order valence-electron chi connectivity index (χ0n) is 7.99. The van der Waals surface area contributed by atoms with E-state index in [1.807, 2.05) is 0 Å². The van der Waals surface area contributed by atoms with E-state index in [0.717, 1.165) is 19.3 Å². The Morgan fingerprint density at radius 2 is 2.36 bits per heavy atom. The molecule has 0 radical (unpaired) electrons. The minimum absolute atomic E-state index is 0.622. The quantitative estimate of drug-likeness (QED) is 0.719. The van der Waals surface area contributed by atoms with E-state index < -0.39 is 0 Å². The summed E-state index contributed by atoms with van der Waals surface area (Å²) >= 11 is 0. The average Bonchev–Trinajstić information content (AvgIpc) is 2.26. The van der Waals surface area contributed by atoms with Crippen molar-refractivity contribution in [3.8, 4) is 0 Å². The van der Waals surface area contributed by atoms with Crippen molar-refractivity contribution < 1.29 is 4.79 Å². The van der Waals surface area contributed by atoms with E-state index in [-0.39, 0.29) is 0 Å². The molecule has 0 heterocycles. The molecule has 0 fully saturated rings. The van der Waals surface area contributed by atoms with Gasteiger partial charge in [0.05, 0.1) is 0 Å². The van der Waals surface area contributed by atoms with Crippen molar-refractivity contribution in [2.24, 2.45) is 0 Å². The van der Waals surface area contributed by atoms with Crippen LogP contribution in [0.4, 0.5) is 0 Å². The smallest absolute Gasteiger partial charge is 0.207 e. The Labute approximate surface area is 83.6 Å². The van der Waals surface area contributed by atoms with Gasteiger partial charge in [-0.3, -0.25) is 4.79 Å². The third-order valence-corrected chi connectivity index (χ3v) is 2.53. The number of allylic oxidation sites excluding steroid dienone is 1. The van der Waals surface area contributed by atoms with E-state index in [2.05, 4.69) is 35.7 Å². The van der Waals surface area contributed by atoms with Crippen molar-refractivity contribution in [1.29, 1.82) is 0 Å². The van der Waals surface area contributed by atoms with Crippen LogP contribution in [0, 0.1) is 0 Å². The van der Waals surface area contributed by atoms with Crippen molar-refractivity contribution in [2.75, 3.05) is 0 Å². The number of rotatable bonds is 3. The number of nitrogens with one attached hydrogen (secondary N) is 1. The second-order valence-corrected chi connectivity index (χ2v) is 3.43. The van der Waals surface area contributed by atoms with Crippen LogP contribution in [0.15, 0.2) is 24.3 Å². The maximum absolute atomic E-state index is 10.2. The zero-order valence-corrected chi connectivity index (χ0v) is 7.99. The molecule has 2 heteroatoms. The van der Waals surface area contributed by atoms with Gasteiger partial charge in [0.2, 0.25) is 6.41 Å². The minimum atomic E-state index is 0.622. The van der Waals surface area contributed by atoms with Crippen LogP contribution in [-0.2, 0) is 17.8 Å². The number of hydrogen-bond acceptors (Lipinski definition) is 1. The van der Waals surface area contributed by atoms with Crippen molar-refractivity contribution in [3.05, 3.63) is 41.0 Å². The first-order valence-electron chi connectivity index (χ1n) is 4.86. The first-order chi connectivity index (χ1) is 6.92. The van der Waals surface area contributed by atoms with Gasteiger partial charge < -0.3 is 5.32 Å². The molecule has 2 rings (SSSR count). The number of carbonyl (C=O) groups excluding carboxylic acids is 1. The molecule has 0 aliphatic heterocycles. The SMILES string of the molecule is O=CNCc1cccc2c1C=CCC2. The number of aryl methyl sites for hydroxylation is 1. The maximum Gasteiger partial charge on any atom is 0.207 e. The summed E-state index contributed by atoms with van der Waals surface area (Å²) in [6.45, 7) is 0.622. The molecule has 0 saturated heterocycles. The molecule has 1 amide bonds. The summed E-state index contributed by atoms with van der Waals surface area (Å²) in [5, 5.41) is 2.70. The lowest BCUT2D eigenvalue weighted by atomic mass is 9.93. The van der Waals surface area contributed by atoms with Gasteiger partial charge >= 0.3 is 0 Å². The van der Waals surface area contributed by atoms with Gasteiger partial charge in [-0.1, -0.05) is 30.4 Å². The van der Waals surface area contributed by atoms with E-state index in [9.17, 15) is 4.79 Å². The van der Waals surface area contributed by atoms with Crippen LogP contribution in [0.1, 0.15) is 23.1 Å². The molecule has 0 atom stereocenters. The van der Waals surface area contributed by atoms with E-state index in [0.29, 0.717) is 6.54 Å². The number of benzene rings is 1. The summed E-state index contributed by atoms with van der Waals surface area (Å²) in [7, 11) is 0. The highest BCUT2D eigenvalue weighted by Gasteiger charge is 2.07. The standard InChI is InChI=1S/C12H13NO/c14-9-13-8-11-6-3-5-10-4-1-2-7-12(10)11/h2-3,5-7,9H,1,4,8H2,(H,13,14). The monoisotopic (exact) mass is 187 g/mol. The first kappa shape index (κ1) is 9.00. The highest BCUT2D eigenvalue weighted by atomic mass is 16.1. The van der Waals surface area contributed by atoms with Gasteiger partial charge in [-0.25, -0.2) is 0 Å². The molecule has 0 saturated carbocycles. The number of fused-ring (bicyclic) bond motifs is 1. The van der Waals surface area contributed by atoms with Crippen LogP contribution >= 0.6 is 0 Å². The summed E-state index contributed by atoms with van der Waals surface area (Å²) in [5.41, 5.74) is 3.87. The van der Waals surface area contributed by atoms with Gasteiger partial charge in [0.1, 0.15) is 0 Å². The molecular weight excluding hydrogens is 174 g/mol. The molecule has 0 unspecified atom stereocenters. The summed E-state index contributed by atoms with van der Waals surface area (Å²) < 4.78 is 0. The molecule has 1 aliphatic carbocycles. The summed E-state index contributed by atoms with van der Waals surface area (Å²) in [5.74, 6) is 0. The van der Waals surface area contributed by atoms with Crippen molar-refractivity contribution in [2.45, 2.75) is 19.4 Å². The highest BCUT2D eigenvalue weighted by molar-refractivity contribution is 5.60. The third kappa shape index (κ3) is 1.69. The van der Waals surface area contributed by atoms with Crippen LogP contribution in [-0.4, -0.2) is 6.41 Å². The van der Waals surface area contributed by atoms with Gasteiger partial charge in [-0.2, -0.15) is 0 Å². The molecule has 1 N–H and O–H groups in total. The average molecular weight is 187 g/mol. The zero-order chi connectivity index (χ0) is 9.80. The van der Waals surface area contributed by atoms with E-state index in [1.165, 1.54) is 16.7 Å². The lowest BCUT2D eigenvalue weighted by Gasteiger charge is -2.14. The lowest BCUT2D eigenvalue weighted by Crippen LogP contribution is -2.12.